The highest BCUT2D eigenvalue weighted by Crippen LogP contribution is 2.29. The Bertz CT molecular complexity index is 554. The molecule has 1 unspecified atom stereocenters. The molecule has 0 radical (unpaired) electrons. The molecule has 0 aromatic heterocycles. The van der Waals surface area contributed by atoms with E-state index >= 15 is 0 Å². The monoisotopic (exact) mass is 288 g/mol. The van der Waals surface area contributed by atoms with E-state index in [-0.39, 0.29) is 23.9 Å². The second kappa shape index (κ2) is 5.85. The molecule has 1 atom stereocenters. The molecule has 1 aromatic carbocycles. The summed E-state index contributed by atoms with van der Waals surface area (Å²) in [6.45, 7) is 1.98. The highest BCUT2D eigenvalue weighted by atomic mass is 16.4. The van der Waals surface area contributed by atoms with Gasteiger partial charge in [-0.2, -0.15) is 0 Å². The summed E-state index contributed by atoms with van der Waals surface area (Å²) in [5.74, 6) is -1.08. The molecule has 1 aromatic rings. The quantitative estimate of drug-likeness (QED) is 0.856. The van der Waals surface area contributed by atoms with Crippen molar-refractivity contribution in [3.8, 4) is 0 Å². The van der Waals surface area contributed by atoms with Gasteiger partial charge in [0.25, 0.3) is 0 Å². The zero-order chi connectivity index (χ0) is 14.8. The van der Waals surface area contributed by atoms with Crippen molar-refractivity contribution in [2.45, 2.75) is 37.8 Å². The van der Waals surface area contributed by atoms with Crippen LogP contribution in [0.4, 0.5) is 0 Å². The molecule has 1 saturated heterocycles. The SMILES string of the molecule is O=C(Cc1ccccc1C(=O)O)NC1CCN(C2CC2)C1. The van der Waals surface area contributed by atoms with Crippen molar-refractivity contribution < 1.29 is 14.7 Å². The summed E-state index contributed by atoms with van der Waals surface area (Å²) in [4.78, 5) is 25.7. The third-order valence-electron chi connectivity index (χ3n) is 4.25. The molecule has 2 N–H and O–H groups in total. The Hall–Kier alpha value is -1.88. The van der Waals surface area contributed by atoms with Crippen molar-refractivity contribution in [2.24, 2.45) is 0 Å². The van der Waals surface area contributed by atoms with Gasteiger partial charge in [-0.05, 0) is 30.9 Å². The number of nitrogens with one attached hydrogen (secondary N) is 1. The van der Waals surface area contributed by atoms with Crippen LogP contribution < -0.4 is 5.32 Å². The lowest BCUT2D eigenvalue weighted by atomic mass is 10.0. The van der Waals surface area contributed by atoms with Crippen LogP contribution in [-0.4, -0.2) is 47.1 Å². The number of carbonyl (C=O) groups is 2. The maximum Gasteiger partial charge on any atom is 0.335 e. The van der Waals surface area contributed by atoms with Crippen LogP contribution in [0.1, 0.15) is 35.2 Å². The first-order valence-electron chi connectivity index (χ1n) is 7.48. The molecule has 5 nitrogen and oxygen atoms in total. The highest BCUT2D eigenvalue weighted by Gasteiger charge is 2.34. The topological polar surface area (TPSA) is 69.6 Å². The molecule has 1 heterocycles. The zero-order valence-corrected chi connectivity index (χ0v) is 11.9. The number of carboxylic acid groups (broad SMARTS) is 1. The molecule has 1 aliphatic carbocycles. The Kier molecular flexibility index (Phi) is 3.92. The summed E-state index contributed by atoms with van der Waals surface area (Å²) in [5.41, 5.74) is 0.776. The van der Waals surface area contributed by atoms with Crippen LogP contribution in [0.2, 0.25) is 0 Å². The van der Waals surface area contributed by atoms with Crippen molar-refractivity contribution in [3.05, 3.63) is 35.4 Å². The van der Waals surface area contributed by atoms with Gasteiger partial charge in [-0.1, -0.05) is 18.2 Å². The maximum absolute atomic E-state index is 12.1. The van der Waals surface area contributed by atoms with Gasteiger partial charge in [0.15, 0.2) is 0 Å². The molecule has 0 bridgehead atoms. The molecule has 0 spiro atoms. The van der Waals surface area contributed by atoms with Crippen LogP contribution in [0.3, 0.4) is 0 Å². The van der Waals surface area contributed by atoms with E-state index in [1.54, 1.807) is 18.2 Å². The lowest BCUT2D eigenvalue weighted by Gasteiger charge is -2.16. The van der Waals surface area contributed by atoms with Crippen molar-refractivity contribution in [2.75, 3.05) is 13.1 Å². The van der Waals surface area contributed by atoms with Gasteiger partial charge < -0.3 is 10.4 Å². The number of likely N-dealkylation sites (tertiary alicyclic amines) is 1. The minimum absolute atomic E-state index is 0.0913. The number of rotatable bonds is 5. The first kappa shape index (κ1) is 14.1. The number of hydrogen-bond donors (Lipinski definition) is 2. The van der Waals surface area contributed by atoms with Gasteiger partial charge in [-0.3, -0.25) is 9.69 Å². The summed E-state index contributed by atoms with van der Waals surface area (Å²) in [7, 11) is 0. The van der Waals surface area contributed by atoms with Crippen LogP contribution in [0, 0.1) is 0 Å². The van der Waals surface area contributed by atoms with Crippen LogP contribution in [-0.2, 0) is 11.2 Å². The second-order valence-corrected chi connectivity index (χ2v) is 5.92. The first-order chi connectivity index (χ1) is 10.1. The first-order valence-corrected chi connectivity index (χ1v) is 7.48. The number of carbonyl (C=O) groups excluding carboxylic acids is 1. The van der Waals surface area contributed by atoms with Gasteiger partial charge in [-0.15, -0.1) is 0 Å². The fourth-order valence-electron chi connectivity index (χ4n) is 3.01. The minimum Gasteiger partial charge on any atom is -0.478 e. The van der Waals surface area contributed by atoms with Crippen LogP contribution in [0.15, 0.2) is 24.3 Å². The standard InChI is InChI=1S/C16H20N2O3/c19-15(9-11-3-1-2-4-14(11)16(20)21)17-12-7-8-18(10-12)13-5-6-13/h1-4,12-13H,5-10H2,(H,17,19)(H,20,21). The summed E-state index contributed by atoms with van der Waals surface area (Å²) >= 11 is 0. The van der Waals surface area contributed by atoms with Crippen LogP contribution in [0.25, 0.3) is 0 Å². The Morgan fingerprint density at radius 1 is 1.24 bits per heavy atom. The van der Waals surface area contributed by atoms with E-state index in [0.717, 1.165) is 25.6 Å². The maximum atomic E-state index is 12.1. The Morgan fingerprint density at radius 3 is 2.71 bits per heavy atom. The molecule has 5 heteroatoms. The van der Waals surface area contributed by atoms with Crippen LogP contribution >= 0.6 is 0 Å². The summed E-state index contributed by atoms with van der Waals surface area (Å²) < 4.78 is 0. The Labute approximate surface area is 123 Å². The molecule has 1 aliphatic heterocycles. The molecule has 2 fully saturated rings. The van der Waals surface area contributed by atoms with Crippen molar-refractivity contribution in [3.63, 3.8) is 0 Å². The lowest BCUT2D eigenvalue weighted by molar-refractivity contribution is -0.121. The summed E-state index contributed by atoms with van der Waals surface area (Å²) in [5, 5.41) is 12.2. The molecule has 21 heavy (non-hydrogen) atoms. The molecular formula is C16H20N2O3. The fraction of sp³-hybridized carbons (Fsp3) is 0.500. The summed E-state index contributed by atoms with van der Waals surface area (Å²) in [6, 6.07) is 7.62. The molecule has 3 rings (SSSR count). The van der Waals surface area contributed by atoms with Gasteiger partial charge in [0.2, 0.25) is 5.91 Å². The fourth-order valence-corrected chi connectivity index (χ4v) is 3.01. The van der Waals surface area contributed by atoms with Gasteiger partial charge in [-0.25, -0.2) is 4.79 Å². The highest BCUT2D eigenvalue weighted by molar-refractivity contribution is 5.91. The number of benzene rings is 1. The average Bonchev–Trinajstić information content (AvgIpc) is 3.20. The molecule has 1 amide bonds. The normalized spacial score (nSPS) is 22.2. The number of nitrogens with zero attached hydrogens (tertiary/aromatic N) is 1. The second-order valence-electron chi connectivity index (χ2n) is 5.92. The van der Waals surface area contributed by atoms with Gasteiger partial charge in [0.1, 0.15) is 0 Å². The van der Waals surface area contributed by atoms with E-state index in [4.69, 9.17) is 5.11 Å². The van der Waals surface area contributed by atoms with E-state index in [0.29, 0.717) is 5.56 Å². The number of amides is 1. The van der Waals surface area contributed by atoms with Gasteiger partial charge in [0.05, 0.1) is 12.0 Å². The Morgan fingerprint density at radius 2 is 2.00 bits per heavy atom. The van der Waals surface area contributed by atoms with E-state index in [1.165, 1.54) is 18.9 Å². The number of carboxylic acids is 1. The predicted octanol–water partition coefficient (Wildman–Crippen LogP) is 1.28. The predicted molar refractivity (Wildman–Crippen MR) is 78.2 cm³/mol. The Balaban J connectivity index is 1.56. The molecule has 2 aliphatic rings. The third-order valence-corrected chi connectivity index (χ3v) is 4.25. The van der Waals surface area contributed by atoms with E-state index in [9.17, 15) is 9.59 Å². The number of aromatic carboxylic acids is 1. The largest absolute Gasteiger partial charge is 0.478 e. The number of hydrogen-bond acceptors (Lipinski definition) is 3. The molecule has 112 valence electrons. The smallest absolute Gasteiger partial charge is 0.335 e. The minimum atomic E-state index is -0.987. The van der Waals surface area contributed by atoms with Crippen molar-refractivity contribution in [1.82, 2.24) is 10.2 Å². The van der Waals surface area contributed by atoms with E-state index in [2.05, 4.69) is 10.2 Å². The van der Waals surface area contributed by atoms with E-state index < -0.39 is 5.97 Å². The lowest BCUT2D eigenvalue weighted by Crippen LogP contribution is -2.38. The van der Waals surface area contributed by atoms with E-state index in [1.807, 2.05) is 0 Å². The molecular weight excluding hydrogens is 268 g/mol. The van der Waals surface area contributed by atoms with Crippen molar-refractivity contribution in [1.29, 1.82) is 0 Å². The van der Waals surface area contributed by atoms with Gasteiger partial charge in [0, 0.05) is 25.2 Å². The third kappa shape index (κ3) is 3.42. The average molecular weight is 288 g/mol. The molecule has 1 saturated carbocycles. The van der Waals surface area contributed by atoms with Gasteiger partial charge >= 0.3 is 5.97 Å². The summed E-state index contributed by atoms with van der Waals surface area (Å²) in [6.07, 6.45) is 3.69. The van der Waals surface area contributed by atoms with Crippen molar-refractivity contribution >= 4 is 11.9 Å². The van der Waals surface area contributed by atoms with Crippen LogP contribution in [0.5, 0.6) is 0 Å². The zero-order valence-electron chi connectivity index (χ0n) is 11.9.